The van der Waals surface area contributed by atoms with E-state index in [0.717, 1.165) is 0 Å². The van der Waals surface area contributed by atoms with Crippen molar-refractivity contribution in [3.05, 3.63) is 35.4 Å². The van der Waals surface area contributed by atoms with E-state index < -0.39 is 34.9 Å². The molecular formula is C29H45N3O4. The fraction of sp³-hybridized carbons (Fsp3) is 0.621. The lowest BCUT2D eigenvalue weighted by Gasteiger charge is -2.45. The third-order valence-electron chi connectivity index (χ3n) is 5.78. The molecule has 0 bridgehead atoms. The average Bonchev–Trinajstić information content (AvgIpc) is 2.72. The van der Waals surface area contributed by atoms with Crippen LogP contribution in [0.2, 0.25) is 0 Å². The summed E-state index contributed by atoms with van der Waals surface area (Å²) in [6.45, 7) is 20.4. The monoisotopic (exact) mass is 499 g/mol. The van der Waals surface area contributed by atoms with Gasteiger partial charge in [-0.1, -0.05) is 44.9 Å². The molecule has 0 saturated carbocycles. The van der Waals surface area contributed by atoms with Gasteiger partial charge in [0.05, 0.1) is 0 Å². The van der Waals surface area contributed by atoms with Gasteiger partial charge in [0, 0.05) is 16.6 Å². The molecule has 0 spiro atoms. The lowest BCUT2D eigenvalue weighted by atomic mass is 9.88. The van der Waals surface area contributed by atoms with Gasteiger partial charge in [-0.2, -0.15) is 0 Å². The minimum atomic E-state index is -1.01. The van der Waals surface area contributed by atoms with Gasteiger partial charge in [0.25, 0.3) is 0 Å². The molecule has 2 unspecified atom stereocenters. The van der Waals surface area contributed by atoms with Crippen LogP contribution in [0.15, 0.2) is 24.3 Å². The summed E-state index contributed by atoms with van der Waals surface area (Å²) >= 11 is 0. The molecule has 7 heteroatoms. The first-order chi connectivity index (χ1) is 16.3. The molecule has 1 aromatic rings. The molecule has 0 aliphatic rings. The second-order valence-electron chi connectivity index (χ2n) is 12.1. The van der Waals surface area contributed by atoms with Crippen LogP contribution in [0.1, 0.15) is 99.8 Å². The first kappa shape index (κ1) is 31.0. The maximum atomic E-state index is 14.3. The summed E-state index contributed by atoms with van der Waals surface area (Å²) < 4.78 is 5.43. The second kappa shape index (κ2) is 11.8. The molecule has 3 amide bonds. The molecule has 0 aromatic heterocycles. The highest BCUT2D eigenvalue weighted by Gasteiger charge is 2.44. The van der Waals surface area contributed by atoms with E-state index in [1.807, 2.05) is 55.4 Å². The lowest BCUT2D eigenvalue weighted by Crippen LogP contribution is -2.61. The number of alkyl carbamates (subject to hydrolysis) is 1. The second-order valence-corrected chi connectivity index (χ2v) is 12.1. The summed E-state index contributed by atoms with van der Waals surface area (Å²) in [6.07, 6.45) is 5.68. The van der Waals surface area contributed by atoms with E-state index in [1.54, 1.807) is 49.9 Å². The van der Waals surface area contributed by atoms with E-state index in [-0.39, 0.29) is 17.7 Å². The Morgan fingerprint density at radius 2 is 1.58 bits per heavy atom. The number of carbonyl (C=O) groups is 3. The van der Waals surface area contributed by atoms with Crippen LogP contribution in [-0.4, -0.2) is 45.5 Å². The van der Waals surface area contributed by atoms with Crippen LogP contribution >= 0.6 is 0 Å². The molecule has 200 valence electrons. The number of hydrogen-bond acceptors (Lipinski definition) is 4. The van der Waals surface area contributed by atoms with Crippen molar-refractivity contribution in [1.82, 2.24) is 15.5 Å². The number of benzene rings is 1. The zero-order chi connectivity index (χ0) is 28.1. The maximum absolute atomic E-state index is 14.3. The van der Waals surface area contributed by atoms with E-state index in [2.05, 4.69) is 16.6 Å². The molecule has 0 aliphatic heterocycles. The quantitative estimate of drug-likeness (QED) is 0.482. The van der Waals surface area contributed by atoms with Crippen LogP contribution in [0.5, 0.6) is 0 Å². The van der Waals surface area contributed by atoms with Crippen LogP contribution in [0.4, 0.5) is 4.79 Å². The number of nitrogens with zero attached hydrogens (tertiary/aromatic N) is 1. The molecular weight excluding hydrogens is 454 g/mol. The highest BCUT2D eigenvalue weighted by Crippen LogP contribution is 2.34. The Balaban J connectivity index is 3.76. The van der Waals surface area contributed by atoms with Gasteiger partial charge in [-0.15, -0.1) is 6.42 Å². The predicted octanol–water partition coefficient (Wildman–Crippen LogP) is 5.19. The molecule has 0 radical (unpaired) electrons. The normalized spacial score (nSPS) is 13.9. The summed E-state index contributed by atoms with van der Waals surface area (Å²) in [5.41, 5.74) is -0.939. The minimum absolute atomic E-state index is 0.269. The van der Waals surface area contributed by atoms with Crippen molar-refractivity contribution in [2.24, 2.45) is 5.92 Å². The number of ether oxygens (including phenoxy) is 1. The Kier molecular flexibility index (Phi) is 10.2. The Morgan fingerprint density at radius 1 is 1.03 bits per heavy atom. The number of carbonyl (C=O) groups excluding carboxylic acids is 3. The summed E-state index contributed by atoms with van der Waals surface area (Å²) in [5, 5.41) is 5.77. The maximum Gasteiger partial charge on any atom is 0.408 e. The summed E-state index contributed by atoms with van der Waals surface area (Å²) in [5.74, 6) is 1.66. The van der Waals surface area contributed by atoms with Crippen molar-refractivity contribution in [2.45, 2.75) is 111 Å². The fourth-order valence-electron chi connectivity index (χ4n) is 3.75. The smallest absolute Gasteiger partial charge is 0.408 e. The number of nitrogens with one attached hydrogen (secondary N) is 2. The standard InChI is InChI=1S/C29H45N3O4/c1-13-20-17-15-16-18-21(20)23(24(33)31-27(5,6)7)32(29(11,12)14-2)25(34)22(19(3)4)30-26(35)36-28(8,9)10/h1,15-19,22-23H,14H2,2-12H3,(H,30,35)(H,31,33). The van der Waals surface area contributed by atoms with Gasteiger partial charge in [0.1, 0.15) is 17.7 Å². The Morgan fingerprint density at radius 3 is 2.03 bits per heavy atom. The summed E-state index contributed by atoms with van der Waals surface area (Å²) in [7, 11) is 0. The van der Waals surface area contributed by atoms with Gasteiger partial charge in [-0.05, 0) is 79.4 Å². The van der Waals surface area contributed by atoms with Crippen LogP contribution in [0.3, 0.4) is 0 Å². The van der Waals surface area contributed by atoms with Gasteiger partial charge < -0.3 is 20.3 Å². The van der Waals surface area contributed by atoms with Gasteiger partial charge in [-0.25, -0.2) is 4.79 Å². The van der Waals surface area contributed by atoms with Crippen LogP contribution < -0.4 is 10.6 Å². The van der Waals surface area contributed by atoms with Crippen LogP contribution in [-0.2, 0) is 14.3 Å². The van der Waals surface area contributed by atoms with Crippen LogP contribution in [0, 0.1) is 18.3 Å². The van der Waals surface area contributed by atoms with Gasteiger partial charge >= 0.3 is 6.09 Å². The minimum Gasteiger partial charge on any atom is -0.444 e. The fourth-order valence-corrected chi connectivity index (χ4v) is 3.75. The molecule has 2 N–H and O–H groups in total. The number of hydrogen-bond donors (Lipinski definition) is 2. The predicted molar refractivity (Wildman–Crippen MR) is 144 cm³/mol. The molecule has 36 heavy (non-hydrogen) atoms. The van der Waals surface area contributed by atoms with E-state index in [1.165, 1.54) is 0 Å². The van der Waals surface area contributed by atoms with Gasteiger partial charge in [0.15, 0.2) is 0 Å². The molecule has 0 fully saturated rings. The lowest BCUT2D eigenvalue weighted by molar-refractivity contribution is -0.150. The van der Waals surface area contributed by atoms with Gasteiger partial charge in [-0.3, -0.25) is 9.59 Å². The van der Waals surface area contributed by atoms with Crippen molar-refractivity contribution in [3.8, 4) is 12.3 Å². The van der Waals surface area contributed by atoms with Crippen molar-refractivity contribution in [3.63, 3.8) is 0 Å². The molecule has 2 atom stereocenters. The molecule has 0 saturated heterocycles. The van der Waals surface area contributed by atoms with Crippen molar-refractivity contribution in [1.29, 1.82) is 0 Å². The third-order valence-corrected chi connectivity index (χ3v) is 5.78. The Hall–Kier alpha value is -3.01. The number of terminal acetylenes is 1. The molecule has 0 heterocycles. The highest BCUT2D eigenvalue weighted by atomic mass is 16.6. The van der Waals surface area contributed by atoms with Crippen molar-refractivity contribution in [2.75, 3.05) is 0 Å². The third kappa shape index (κ3) is 8.58. The average molecular weight is 500 g/mol. The van der Waals surface area contributed by atoms with E-state index in [9.17, 15) is 14.4 Å². The largest absolute Gasteiger partial charge is 0.444 e. The van der Waals surface area contributed by atoms with Crippen molar-refractivity contribution >= 4 is 17.9 Å². The SMILES string of the molecule is C#Cc1ccccc1C(C(=O)NC(C)(C)C)N(C(=O)C(NC(=O)OC(C)(C)C)C(C)C)C(C)(C)CC. The topological polar surface area (TPSA) is 87.7 Å². The Labute approximate surface area is 217 Å². The summed E-state index contributed by atoms with van der Waals surface area (Å²) in [6, 6.07) is 5.20. The zero-order valence-corrected chi connectivity index (χ0v) is 23.9. The van der Waals surface area contributed by atoms with E-state index in [0.29, 0.717) is 17.5 Å². The first-order valence-electron chi connectivity index (χ1n) is 12.5. The Bertz CT molecular complexity index is 977. The van der Waals surface area contributed by atoms with Crippen molar-refractivity contribution < 1.29 is 19.1 Å². The first-order valence-corrected chi connectivity index (χ1v) is 12.5. The van der Waals surface area contributed by atoms with Gasteiger partial charge in [0.2, 0.25) is 11.8 Å². The highest BCUT2D eigenvalue weighted by molar-refractivity contribution is 5.93. The van der Waals surface area contributed by atoms with E-state index in [4.69, 9.17) is 11.2 Å². The molecule has 0 aliphatic carbocycles. The van der Waals surface area contributed by atoms with Crippen LogP contribution in [0.25, 0.3) is 0 Å². The number of amides is 3. The zero-order valence-electron chi connectivity index (χ0n) is 23.9. The molecule has 1 rings (SSSR count). The summed E-state index contributed by atoms with van der Waals surface area (Å²) in [4.78, 5) is 42.4. The molecule has 1 aromatic carbocycles. The molecule has 7 nitrogen and oxygen atoms in total. The van der Waals surface area contributed by atoms with E-state index >= 15 is 0 Å². The number of rotatable bonds is 8.